The van der Waals surface area contributed by atoms with E-state index in [1.54, 1.807) is 11.3 Å². The molecule has 2 heterocycles. The van der Waals surface area contributed by atoms with Crippen LogP contribution in [0.2, 0.25) is 0 Å². The van der Waals surface area contributed by atoms with Crippen molar-refractivity contribution in [1.29, 1.82) is 0 Å². The van der Waals surface area contributed by atoms with E-state index in [2.05, 4.69) is 27.9 Å². The molecule has 0 aliphatic heterocycles. The number of hydrogen-bond donors (Lipinski definition) is 1. The van der Waals surface area contributed by atoms with Gasteiger partial charge >= 0.3 is 0 Å². The summed E-state index contributed by atoms with van der Waals surface area (Å²) >= 11 is 1.72. The largest absolute Gasteiger partial charge is 0.335 e. The number of thiophene rings is 1. The van der Waals surface area contributed by atoms with E-state index in [0.717, 1.165) is 18.8 Å². The van der Waals surface area contributed by atoms with Crippen molar-refractivity contribution in [1.82, 2.24) is 9.55 Å². The molecule has 2 aromatic heterocycles. The van der Waals surface area contributed by atoms with Gasteiger partial charge in [-0.2, -0.15) is 0 Å². The van der Waals surface area contributed by atoms with Crippen molar-refractivity contribution < 1.29 is 0 Å². The van der Waals surface area contributed by atoms with Gasteiger partial charge in [-0.05, 0) is 23.9 Å². The van der Waals surface area contributed by atoms with Gasteiger partial charge < -0.3 is 10.3 Å². The van der Waals surface area contributed by atoms with E-state index in [-0.39, 0.29) is 0 Å². The molecule has 2 N–H and O–H groups in total. The van der Waals surface area contributed by atoms with Gasteiger partial charge in [0.05, 0.1) is 0 Å². The molecular formula is C11H15N3S. The molecular weight excluding hydrogens is 206 g/mol. The first kappa shape index (κ1) is 10.4. The Labute approximate surface area is 93.6 Å². The average Bonchev–Trinajstić information content (AvgIpc) is 2.87. The van der Waals surface area contributed by atoms with Crippen LogP contribution in [-0.2, 0) is 19.5 Å². The lowest BCUT2D eigenvalue weighted by atomic mass is 10.2. The van der Waals surface area contributed by atoms with Crippen LogP contribution < -0.4 is 5.73 Å². The van der Waals surface area contributed by atoms with E-state index < -0.39 is 0 Å². The van der Waals surface area contributed by atoms with Gasteiger partial charge in [0.1, 0.15) is 5.82 Å². The maximum Gasteiger partial charge on any atom is 0.113 e. The van der Waals surface area contributed by atoms with Crippen molar-refractivity contribution in [2.75, 3.05) is 0 Å². The summed E-state index contributed by atoms with van der Waals surface area (Å²) in [5.41, 5.74) is 6.99. The topological polar surface area (TPSA) is 43.8 Å². The van der Waals surface area contributed by atoms with E-state index in [1.165, 1.54) is 10.4 Å². The minimum absolute atomic E-state index is 0.625. The monoisotopic (exact) mass is 221 g/mol. The lowest BCUT2D eigenvalue weighted by molar-refractivity contribution is 0.711. The number of hydrogen-bond acceptors (Lipinski definition) is 3. The Morgan fingerprint density at radius 3 is 3.13 bits per heavy atom. The maximum atomic E-state index is 5.68. The van der Waals surface area contributed by atoms with Crippen LogP contribution in [0.4, 0.5) is 0 Å². The zero-order valence-electron chi connectivity index (χ0n) is 8.81. The van der Waals surface area contributed by atoms with Gasteiger partial charge in [-0.3, -0.25) is 0 Å². The summed E-state index contributed by atoms with van der Waals surface area (Å²) in [5.74, 6) is 1.12. The Balaban J connectivity index is 2.21. The average molecular weight is 221 g/mol. The Bertz CT molecular complexity index is 390. The molecule has 2 aromatic rings. The third kappa shape index (κ3) is 2.11. The number of aromatic nitrogens is 2. The molecule has 0 aliphatic carbocycles. The molecule has 0 radical (unpaired) electrons. The molecule has 0 aromatic carbocycles. The number of nitrogens with zero attached hydrogens (tertiary/aromatic N) is 2. The van der Waals surface area contributed by atoms with Crippen LogP contribution in [0.15, 0.2) is 23.8 Å². The highest BCUT2D eigenvalue weighted by Crippen LogP contribution is 2.19. The molecule has 0 bridgehead atoms. The van der Waals surface area contributed by atoms with Crippen LogP contribution in [0.25, 0.3) is 0 Å². The number of imidazole rings is 1. The molecule has 0 fully saturated rings. The summed E-state index contributed by atoms with van der Waals surface area (Å²) in [4.78, 5) is 5.63. The number of aryl methyl sites for hydroxylation is 1. The fraction of sp³-hybridized carbons (Fsp3) is 0.364. The Morgan fingerprint density at radius 2 is 2.40 bits per heavy atom. The summed E-state index contributed by atoms with van der Waals surface area (Å²) in [5, 5.41) is 2.09. The lowest BCUT2D eigenvalue weighted by Gasteiger charge is -2.04. The van der Waals surface area contributed by atoms with Crippen molar-refractivity contribution >= 4 is 11.3 Å². The van der Waals surface area contributed by atoms with Gasteiger partial charge in [-0.25, -0.2) is 4.98 Å². The molecule has 4 heteroatoms. The third-order valence-electron chi connectivity index (χ3n) is 2.51. The van der Waals surface area contributed by atoms with Crippen LogP contribution in [0, 0.1) is 0 Å². The quantitative estimate of drug-likeness (QED) is 0.858. The summed E-state index contributed by atoms with van der Waals surface area (Å²) in [6.45, 7) is 3.72. The smallest absolute Gasteiger partial charge is 0.113 e. The van der Waals surface area contributed by atoms with Crippen LogP contribution in [0.1, 0.15) is 23.2 Å². The molecule has 0 atom stereocenters. The zero-order chi connectivity index (χ0) is 10.7. The third-order valence-corrected chi connectivity index (χ3v) is 3.50. The Morgan fingerprint density at radius 1 is 1.53 bits per heavy atom. The molecule has 0 saturated heterocycles. The number of rotatable bonds is 4. The SMILES string of the molecule is CCn1ccnc1Cc1ccsc1CN. The van der Waals surface area contributed by atoms with E-state index in [4.69, 9.17) is 5.73 Å². The molecule has 0 aliphatic rings. The van der Waals surface area contributed by atoms with E-state index in [1.807, 2.05) is 12.4 Å². The van der Waals surface area contributed by atoms with Gasteiger partial charge in [0.25, 0.3) is 0 Å². The first-order chi connectivity index (χ1) is 7.35. The predicted octanol–water partition coefficient (Wildman–Crippen LogP) is 2.01. The molecule has 80 valence electrons. The minimum atomic E-state index is 0.625. The van der Waals surface area contributed by atoms with Crippen molar-refractivity contribution in [3.63, 3.8) is 0 Å². The summed E-state index contributed by atoms with van der Waals surface area (Å²) < 4.78 is 2.16. The van der Waals surface area contributed by atoms with E-state index >= 15 is 0 Å². The highest BCUT2D eigenvalue weighted by Gasteiger charge is 2.07. The van der Waals surface area contributed by atoms with Crippen molar-refractivity contribution in [3.05, 3.63) is 40.1 Å². The highest BCUT2D eigenvalue weighted by atomic mass is 32.1. The van der Waals surface area contributed by atoms with Crippen LogP contribution in [0.5, 0.6) is 0 Å². The second kappa shape index (κ2) is 4.59. The van der Waals surface area contributed by atoms with Gasteiger partial charge in [-0.1, -0.05) is 0 Å². The molecule has 0 spiro atoms. The molecule has 0 amide bonds. The van der Waals surface area contributed by atoms with Gasteiger partial charge in [0, 0.05) is 36.8 Å². The summed E-state index contributed by atoms with van der Waals surface area (Å²) in [7, 11) is 0. The lowest BCUT2D eigenvalue weighted by Crippen LogP contribution is -2.04. The van der Waals surface area contributed by atoms with Crippen molar-refractivity contribution in [2.24, 2.45) is 5.73 Å². The van der Waals surface area contributed by atoms with Gasteiger partial charge in [0.15, 0.2) is 0 Å². The standard InChI is InChI=1S/C11H15N3S/c1-2-14-5-4-13-11(14)7-9-3-6-15-10(9)8-12/h3-6H,2,7-8,12H2,1H3. The van der Waals surface area contributed by atoms with Crippen LogP contribution in [-0.4, -0.2) is 9.55 Å². The second-order valence-electron chi connectivity index (χ2n) is 3.38. The van der Waals surface area contributed by atoms with Crippen molar-refractivity contribution in [2.45, 2.75) is 26.4 Å². The summed E-state index contributed by atoms with van der Waals surface area (Å²) in [6, 6.07) is 2.14. The molecule has 3 nitrogen and oxygen atoms in total. The van der Waals surface area contributed by atoms with Crippen LogP contribution in [0.3, 0.4) is 0 Å². The molecule has 0 unspecified atom stereocenters. The van der Waals surface area contributed by atoms with Crippen LogP contribution >= 0.6 is 11.3 Å². The first-order valence-electron chi connectivity index (χ1n) is 5.10. The normalized spacial score (nSPS) is 10.8. The Hall–Kier alpha value is -1.13. The number of nitrogens with two attached hydrogens (primary N) is 1. The zero-order valence-corrected chi connectivity index (χ0v) is 9.63. The Kier molecular flexibility index (Phi) is 3.18. The van der Waals surface area contributed by atoms with E-state index in [0.29, 0.717) is 6.54 Å². The highest BCUT2D eigenvalue weighted by molar-refractivity contribution is 7.10. The van der Waals surface area contributed by atoms with E-state index in [9.17, 15) is 0 Å². The fourth-order valence-electron chi connectivity index (χ4n) is 1.67. The predicted molar refractivity (Wildman–Crippen MR) is 62.9 cm³/mol. The first-order valence-corrected chi connectivity index (χ1v) is 5.98. The summed E-state index contributed by atoms with van der Waals surface area (Å²) in [6.07, 6.45) is 4.76. The van der Waals surface area contributed by atoms with Gasteiger partial charge in [-0.15, -0.1) is 11.3 Å². The molecule has 2 rings (SSSR count). The second-order valence-corrected chi connectivity index (χ2v) is 4.38. The fourth-order valence-corrected chi connectivity index (χ4v) is 2.45. The molecule has 15 heavy (non-hydrogen) atoms. The van der Waals surface area contributed by atoms with Crippen molar-refractivity contribution in [3.8, 4) is 0 Å². The maximum absolute atomic E-state index is 5.68. The molecule has 0 saturated carbocycles. The minimum Gasteiger partial charge on any atom is -0.335 e. The van der Waals surface area contributed by atoms with Gasteiger partial charge in [0.2, 0.25) is 0 Å².